The van der Waals surface area contributed by atoms with E-state index in [0.717, 1.165) is 19.2 Å². The van der Waals surface area contributed by atoms with Crippen LogP contribution < -0.4 is 10.6 Å². The van der Waals surface area contributed by atoms with Gasteiger partial charge >= 0.3 is 0 Å². The van der Waals surface area contributed by atoms with E-state index in [9.17, 15) is 8.78 Å². The van der Waals surface area contributed by atoms with E-state index in [1.165, 1.54) is 6.07 Å². The maximum Gasteiger partial charge on any atom is 0.162 e. The Hall–Kier alpha value is -1.00. The van der Waals surface area contributed by atoms with Crippen LogP contribution >= 0.6 is 0 Å². The van der Waals surface area contributed by atoms with E-state index in [1.54, 1.807) is 6.07 Å². The Kier molecular flexibility index (Phi) is 5.21. The van der Waals surface area contributed by atoms with Gasteiger partial charge in [0.05, 0.1) is 0 Å². The number of hydrogen-bond acceptors (Lipinski definition) is 2. The van der Waals surface area contributed by atoms with Gasteiger partial charge in [-0.05, 0) is 31.6 Å². The molecule has 0 fully saturated rings. The molecule has 84 valence electrons. The van der Waals surface area contributed by atoms with Crippen LogP contribution in [0.4, 0.5) is 8.78 Å². The highest BCUT2D eigenvalue weighted by Crippen LogP contribution is 2.11. The summed E-state index contributed by atoms with van der Waals surface area (Å²) in [6.07, 6.45) is 0.507. The summed E-state index contributed by atoms with van der Waals surface area (Å²) < 4.78 is 26.0. The Balaban J connectivity index is 2.34. The number of rotatable bonds is 6. The van der Waals surface area contributed by atoms with Crippen LogP contribution in [0.2, 0.25) is 0 Å². The molecule has 0 unspecified atom stereocenters. The van der Waals surface area contributed by atoms with Crippen molar-refractivity contribution in [1.29, 1.82) is 0 Å². The van der Waals surface area contributed by atoms with Gasteiger partial charge in [-0.3, -0.25) is 0 Å². The predicted molar refractivity (Wildman–Crippen MR) is 56.9 cm³/mol. The van der Waals surface area contributed by atoms with E-state index in [2.05, 4.69) is 10.6 Å². The predicted octanol–water partition coefficient (Wildman–Crippen LogP) is 1.32. The molecule has 4 heteroatoms. The summed E-state index contributed by atoms with van der Waals surface area (Å²) in [6.45, 7) is 2.35. The Labute approximate surface area is 88.7 Å². The van der Waals surface area contributed by atoms with Crippen molar-refractivity contribution in [3.05, 3.63) is 35.4 Å². The van der Waals surface area contributed by atoms with Crippen LogP contribution in [0.1, 0.15) is 5.56 Å². The van der Waals surface area contributed by atoms with Crippen molar-refractivity contribution in [1.82, 2.24) is 10.6 Å². The summed E-state index contributed by atoms with van der Waals surface area (Å²) in [6, 6.07) is 4.27. The third-order valence-electron chi connectivity index (χ3n) is 2.15. The van der Waals surface area contributed by atoms with Gasteiger partial charge in [-0.2, -0.15) is 0 Å². The topological polar surface area (TPSA) is 24.1 Å². The summed E-state index contributed by atoms with van der Waals surface area (Å²) in [5.74, 6) is -1.50. The zero-order valence-electron chi connectivity index (χ0n) is 8.82. The van der Waals surface area contributed by atoms with E-state index >= 15 is 0 Å². The van der Waals surface area contributed by atoms with Gasteiger partial charge in [0.25, 0.3) is 0 Å². The van der Waals surface area contributed by atoms with E-state index in [-0.39, 0.29) is 0 Å². The van der Waals surface area contributed by atoms with Crippen LogP contribution in [0.5, 0.6) is 0 Å². The third-order valence-corrected chi connectivity index (χ3v) is 2.15. The van der Waals surface area contributed by atoms with Crippen LogP contribution in [0.25, 0.3) is 0 Å². The molecule has 0 aliphatic rings. The first-order valence-electron chi connectivity index (χ1n) is 5.04. The number of hydrogen-bond donors (Lipinski definition) is 2. The molecule has 0 amide bonds. The molecular formula is C11H16F2N2. The molecule has 1 aromatic rings. The second kappa shape index (κ2) is 6.48. The molecule has 0 saturated heterocycles. The van der Waals surface area contributed by atoms with Crippen molar-refractivity contribution < 1.29 is 8.78 Å². The number of likely N-dealkylation sites (N-methyl/N-ethyl adjacent to an activating group) is 1. The molecule has 0 heterocycles. The van der Waals surface area contributed by atoms with Gasteiger partial charge in [0.15, 0.2) is 11.6 Å². The Morgan fingerprint density at radius 3 is 2.67 bits per heavy atom. The fourth-order valence-electron chi connectivity index (χ4n) is 1.30. The standard InChI is InChI=1S/C11H16F2N2/c1-14-7-8-15-6-5-9-3-2-4-10(12)11(9)13/h2-4,14-15H,5-8H2,1H3. The van der Waals surface area contributed by atoms with Gasteiger partial charge in [0, 0.05) is 13.1 Å². The van der Waals surface area contributed by atoms with Crippen LogP contribution in [0.15, 0.2) is 18.2 Å². The summed E-state index contributed by atoms with van der Waals surface area (Å²) in [4.78, 5) is 0. The first-order valence-corrected chi connectivity index (χ1v) is 5.04. The van der Waals surface area contributed by atoms with Crippen molar-refractivity contribution in [3.8, 4) is 0 Å². The van der Waals surface area contributed by atoms with Crippen LogP contribution in [0, 0.1) is 11.6 Å². The molecule has 15 heavy (non-hydrogen) atoms. The Morgan fingerprint density at radius 2 is 1.93 bits per heavy atom. The molecule has 2 nitrogen and oxygen atoms in total. The molecule has 0 saturated carbocycles. The average molecular weight is 214 g/mol. The van der Waals surface area contributed by atoms with Gasteiger partial charge < -0.3 is 10.6 Å². The van der Waals surface area contributed by atoms with Crippen molar-refractivity contribution in [2.24, 2.45) is 0 Å². The quantitative estimate of drug-likeness (QED) is 0.698. The van der Waals surface area contributed by atoms with Crippen LogP contribution in [0.3, 0.4) is 0 Å². The molecule has 0 aliphatic heterocycles. The summed E-state index contributed by atoms with van der Waals surface area (Å²) in [5.41, 5.74) is 0.423. The lowest BCUT2D eigenvalue weighted by Crippen LogP contribution is -2.26. The zero-order chi connectivity index (χ0) is 11.1. The molecular weight excluding hydrogens is 198 g/mol. The average Bonchev–Trinajstić information content (AvgIpc) is 2.24. The molecule has 0 aliphatic carbocycles. The fourth-order valence-corrected chi connectivity index (χ4v) is 1.30. The van der Waals surface area contributed by atoms with E-state index in [4.69, 9.17) is 0 Å². The number of nitrogens with one attached hydrogen (secondary N) is 2. The normalized spacial score (nSPS) is 10.6. The van der Waals surface area contributed by atoms with Gasteiger partial charge in [-0.25, -0.2) is 8.78 Å². The van der Waals surface area contributed by atoms with Crippen molar-refractivity contribution in [3.63, 3.8) is 0 Å². The molecule has 0 spiro atoms. The largest absolute Gasteiger partial charge is 0.318 e. The lowest BCUT2D eigenvalue weighted by Gasteiger charge is -2.05. The number of benzene rings is 1. The maximum atomic E-state index is 13.2. The van der Waals surface area contributed by atoms with Crippen molar-refractivity contribution in [2.45, 2.75) is 6.42 Å². The number of halogens is 2. The summed E-state index contributed by atoms with van der Waals surface area (Å²) >= 11 is 0. The highest BCUT2D eigenvalue weighted by Gasteiger charge is 2.06. The lowest BCUT2D eigenvalue weighted by atomic mass is 10.1. The Morgan fingerprint density at radius 1 is 1.13 bits per heavy atom. The third kappa shape index (κ3) is 3.93. The van der Waals surface area contributed by atoms with E-state index in [0.29, 0.717) is 18.5 Å². The second-order valence-corrected chi connectivity index (χ2v) is 3.32. The molecule has 0 radical (unpaired) electrons. The van der Waals surface area contributed by atoms with Gasteiger partial charge in [0.1, 0.15) is 0 Å². The molecule has 1 rings (SSSR count). The monoisotopic (exact) mass is 214 g/mol. The maximum absolute atomic E-state index is 13.2. The van der Waals surface area contributed by atoms with E-state index < -0.39 is 11.6 Å². The highest BCUT2D eigenvalue weighted by atomic mass is 19.2. The minimum Gasteiger partial charge on any atom is -0.318 e. The molecule has 2 N–H and O–H groups in total. The highest BCUT2D eigenvalue weighted by molar-refractivity contribution is 5.19. The van der Waals surface area contributed by atoms with Gasteiger partial charge in [0.2, 0.25) is 0 Å². The lowest BCUT2D eigenvalue weighted by molar-refractivity contribution is 0.496. The van der Waals surface area contributed by atoms with Crippen LogP contribution in [-0.2, 0) is 6.42 Å². The summed E-state index contributed by atoms with van der Waals surface area (Å²) in [7, 11) is 1.87. The zero-order valence-corrected chi connectivity index (χ0v) is 8.82. The van der Waals surface area contributed by atoms with Crippen molar-refractivity contribution in [2.75, 3.05) is 26.7 Å². The fraction of sp³-hybridized carbons (Fsp3) is 0.455. The SMILES string of the molecule is CNCCNCCc1cccc(F)c1F. The molecule has 0 aromatic heterocycles. The molecule has 1 aromatic carbocycles. The van der Waals surface area contributed by atoms with Crippen LogP contribution in [-0.4, -0.2) is 26.7 Å². The first kappa shape index (κ1) is 12.1. The minimum absolute atomic E-state index is 0.423. The minimum atomic E-state index is -0.775. The van der Waals surface area contributed by atoms with Gasteiger partial charge in [-0.15, -0.1) is 0 Å². The smallest absolute Gasteiger partial charge is 0.162 e. The molecule has 0 bridgehead atoms. The first-order chi connectivity index (χ1) is 7.25. The van der Waals surface area contributed by atoms with Gasteiger partial charge in [-0.1, -0.05) is 12.1 Å². The molecule has 0 atom stereocenters. The van der Waals surface area contributed by atoms with Crippen molar-refractivity contribution >= 4 is 0 Å². The second-order valence-electron chi connectivity index (χ2n) is 3.32. The Bertz CT molecular complexity index is 303. The summed E-state index contributed by atoms with van der Waals surface area (Å²) in [5, 5.41) is 6.12. The van der Waals surface area contributed by atoms with E-state index in [1.807, 2.05) is 7.05 Å².